The lowest BCUT2D eigenvalue weighted by molar-refractivity contribution is -0.0300. The van der Waals surface area contributed by atoms with Crippen molar-refractivity contribution >= 4 is 0 Å². The van der Waals surface area contributed by atoms with Gasteiger partial charge in [-0.3, -0.25) is 0 Å². The molecule has 0 bridgehead atoms. The van der Waals surface area contributed by atoms with Crippen LogP contribution in [0, 0.1) is 11.8 Å². The van der Waals surface area contributed by atoms with Crippen LogP contribution in [0.1, 0.15) is 67.2 Å². The predicted molar refractivity (Wildman–Crippen MR) is 68.2 cm³/mol. The first-order valence-electron chi connectivity index (χ1n) is 6.55. The molecule has 0 saturated carbocycles. The summed E-state index contributed by atoms with van der Waals surface area (Å²) in [5.74, 6) is 1.63. The van der Waals surface area contributed by atoms with Crippen molar-refractivity contribution in [1.29, 1.82) is 0 Å². The van der Waals surface area contributed by atoms with E-state index >= 15 is 0 Å². The summed E-state index contributed by atoms with van der Waals surface area (Å²) in [5, 5.41) is 0. The second kappa shape index (κ2) is 7.27. The summed E-state index contributed by atoms with van der Waals surface area (Å²) < 4.78 is 5.79. The number of rotatable bonds is 8. The molecule has 0 rings (SSSR count). The highest BCUT2D eigenvalue weighted by molar-refractivity contribution is 4.75. The van der Waals surface area contributed by atoms with Crippen LogP contribution in [0.3, 0.4) is 0 Å². The lowest BCUT2D eigenvalue weighted by Gasteiger charge is -2.30. The van der Waals surface area contributed by atoms with Crippen LogP contribution in [0.2, 0.25) is 0 Å². The van der Waals surface area contributed by atoms with Gasteiger partial charge in [-0.05, 0) is 45.4 Å². The van der Waals surface area contributed by atoms with E-state index in [2.05, 4.69) is 41.5 Å². The summed E-state index contributed by atoms with van der Waals surface area (Å²) in [6.45, 7) is 14.3. The molecule has 0 aromatic rings. The van der Waals surface area contributed by atoms with E-state index in [1.54, 1.807) is 0 Å². The maximum absolute atomic E-state index is 5.79. The number of ether oxygens (including phenoxy) is 1. The molecule has 15 heavy (non-hydrogen) atoms. The van der Waals surface area contributed by atoms with Gasteiger partial charge in [-0.2, -0.15) is 0 Å². The van der Waals surface area contributed by atoms with E-state index < -0.39 is 0 Å². The first-order valence-corrected chi connectivity index (χ1v) is 6.55. The van der Waals surface area contributed by atoms with Crippen molar-refractivity contribution in [3.8, 4) is 0 Å². The Morgan fingerprint density at radius 2 is 1.73 bits per heavy atom. The molecule has 1 heteroatoms. The normalized spacial score (nSPS) is 14.6. The van der Waals surface area contributed by atoms with Gasteiger partial charge in [0, 0.05) is 6.61 Å². The second-order valence-electron chi connectivity index (χ2n) is 5.68. The third-order valence-corrected chi connectivity index (χ3v) is 2.82. The van der Waals surface area contributed by atoms with Crippen molar-refractivity contribution in [1.82, 2.24) is 0 Å². The van der Waals surface area contributed by atoms with Gasteiger partial charge >= 0.3 is 0 Å². The van der Waals surface area contributed by atoms with Crippen molar-refractivity contribution < 1.29 is 4.74 Å². The lowest BCUT2D eigenvalue weighted by Crippen LogP contribution is -2.28. The van der Waals surface area contributed by atoms with Crippen LogP contribution in [-0.4, -0.2) is 12.2 Å². The lowest BCUT2D eigenvalue weighted by atomic mass is 9.84. The minimum atomic E-state index is 0.0590. The fourth-order valence-corrected chi connectivity index (χ4v) is 2.52. The third-order valence-electron chi connectivity index (χ3n) is 2.82. The molecule has 0 radical (unpaired) electrons. The molecule has 0 N–H and O–H groups in total. The highest BCUT2D eigenvalue weighted by Crippen LogP contribution is 2.28. The van der Waals surface area contributed by atoms with Gasteiger partial charge in [-0.25, -0.2) is 0 Å². The van der Waals surface area contributed by atoms with Crippen LogP contribution in [0.5, 0.6) is 0 Å². The largest absolute Gasteiger partial charge is 0.376 e. The highest BCUT2D eigenvalue weighted by atomic mass is 16.5. The molecule has 0 saturated heterocycles. The summed E-state index contributed by atoms with van der Waals surface area (Å²) in [5.41, 5.74) is 0.0590. The highest BCUT2D eigenvalue weighted by Gasteiger charge is 2.23. The first-order chi connectivity index (χ1) is 6.91. The van der Waals surface area contributed by atoms with Gasteiger partial charge in [0.05, 0.1) is 5.60 Å². The van der Waals surface area contributed by atoms with Gasteiger partial charge < -0.3 is 4.74 Å². The fraction of sp³-hybridized carbons (Fsp3) is 1.00. The van der Waals surface area contributed by atoms with Gasteiger partial charge in [0.15, 0.2) is 0 Å². The SMILES string of the molecule is CCCC(CC(C)C)CC(C)(C)OCC. The van der Waals surface area contributed by atoms with Gasteiger partial charge in [0.1, 0.15) is 0 Å². The topological polar surface area (TPSA) is 9.23 Å². The summed E-state index contributed by atoms with van der Waals surface area (Å²) >= 11 is 0. The van der Waals surface area contributed by atoms with Crippen LogP contribution in [-0.2, 0) is 4.74 Å². The summed E-state index contributed by atoms with van der Waals surface area (Å²) in [7, 11) is 0. The number of hydrogen-bond acceptors (Lipinski definition) is 1. The molecule has 0 amide bonds. The molecule has 0 spiro atoms. The van der Waals surface area contributed by atoms with Crippen LogP contribution in [0.15, 0.2) is 0 Å². The standard InChI is InChI=1S/C14H30O/c1-7-9-13(10-12(3)4)11-14(5,6)15-8-2/h12-13H,7-11H2,1-6H3. The molecular formula is C14H30O. The second-order valence-corrected chi connectivity index (χ2v) is 5.68. The maximum atomic E-state index is 5.79. The van der Waals surface area contributed by atoms with Gasteiger partial charge in [-0.15, -0.1) is 0 Å². The van der Waals surface area contributed by atoms with Crippen LogP contribution in [0.25, 0.3) is 0 Å². The zero-order valence-electron chi connectivity index (χ0n) is 11.6. The smallest absolute Gasteiger partial charge is 0.0629 e. The third kappa shape index (κ3) is 7.84. The summed E-state index contributed by atoms with van der Waals surface area (Å²) in [6, 6.07) is 0. The van der Waals surface area contributed by atoms with E-state index in [9.17, 15) is 0 Å². The average Bonchev–Trinajstić information content (AvgIpc) is 2.01. The minimum Gasteiger partial charge on any atom is -0.376 e. The van der Waals surface area contributed by atoms with Crippen molar-refractivity contribution in [2.24, 2.45) is 11.8 Å². The minimum absolute atomic E-state index is 0.0590. The molecule has 1 nitrogen and oxygen atoms in total. The molecule has 0 aromatic heterocycles. The van der Waals surface area contributed by atoms with E-state index in [0.29, 0.717) is 0 Å². The monoisotopic (exact) mass is 214 g/mol. The Hall–Kier alpha value is -0.0400. The van der Waals surface area contributed by atoms with Crippen molar-refractivity contribution in [2.75, 3.05) is 6.61 Å². The van der Waals surface area contributed by atoms with Gasteiger partial charge in [0.25, 0.3) is 0 Å². The first kappa shape index (κ1) is 15.0. The zero-order chi connectivity index (χ0) is 11.9. The Balaban J connectivity index is 4.13. The molecule has 0 aliphatic carbocycles. The molecule has 0 aliphatic heterocycles. The predicted octanol–water partition coefficient (Wildman–Crippen LogP) is 4.65. The van der Waals surface area contributed by atoms with Crippen molar-refractivity contribution in [3.63, 3.8) is 0 Å². The number of hydrogen-bond donors (Lipinski definition) is 0. The van der Waals surface area contributed by atoms with E-state index in [1.807, 2.05) is 0 Å². The maximum Gasteiger partial charge on any atom is 0.0629 e. The Bertz CT molecular complexity index is 149. The molecule has 92 valence electrons. The Morgan fingerprint density at radius 3 is 2.13 bits per heavy atom. The molecule has 0 aromatic carbocycles. The van der Waals surface area contributed by atoms with E-state index in [-0.39, 0.29) is 5.60 Å². The average molecular weight is 214 g/mol. The van der Waals surface area contributed by atoms with Crippen molar-refractivity contribution in [2.45, 2.75) is 72.8 Å². The van der Waals surface area contributed by atoms with Gasteiger partial charge in [-0.1, -0.05) is 33.6 Å². The van der Waals surface area contributed by atoms with Crippen LogP contribution in [0.4, 0.5) is 0 Å². The Morgan fingerprint density at radius 1 is 1.13 bits per heavy atom. The molecule has 0 fully saturated rings. The van der Waals surface area contributed by atoms with E-state index in [4.69, 9.17) is 4.74 Å². The molecular weight excluding hydrogens is 184 g/mol. The molecule has 0 heterocycles. The van der Waals surface area contributed by atoms with Crippen LogP contribution >= 0.6 is 0 Å². The van der Waals surface area contributed by atoms with E-state index in [1.165, 1.54) is 25.7 Å². The summed E-state index contributed by atoms with van der Waals surface area (Å²) in [4.78, 5) is 0. The molecule has 1 atom stereocenters. The zero-order valence-corrected chi connectivity index (χ0v) is 11.6. The van der Waals surface area contributed by atoms with Crippen molar-refractivity contribution in [3.05, 3.63) is 0 Å². The van der Waals surface area contributed by atoms with E-state index in [0.717, 1.165) is 18.4 Å². The summed E-state index contributed by atoms with van der Waals surface area (Å²) in [6.07, 6.45) is 5.17. The molecule has 1 unspecified atom stereocenters. The fourth-order valence-electron chi connectivity index (χ4n) is 2.52. The van der Waals surface area contributed by atoms with Gasteiger partial charge in [0.2, 0.25) is 0 Å². The Kier molecular flexibility index (Phi) is 7.25. The quantitative estimate of drug-likeness (QED) is 0.571. The van der Waals surface area contributed by atoms with Crippen LogP contribution < -0.4 is 0 Å². The Labute approximate surface area is 96.6 Å². The molecule has 0 aliphatic rings.